The van der Waals surface area contributed by atoms with Crippen molar-refractivity contribution < 1.29 is 23.9 Å². The van der Waals surface area contributed by atoms with Gasteiger partial charge >= 0.3 is 5.97 Å². The van der Waals surface area contributed by atoms with Gasteiger partial charge in [-0.05, 0) is 64.2 Å². The Morgan fingerprint density at radius 1 is 1.12 bits per heavy atom. The summed E-state index contributed by atoms with van der Waals surface area (Å²) in [5.41, 5.74) is 4.07. The van der Waals surface area contributed by atoms with Crippen LogP contribution in [0.15, 0.2) is 30.3 Å². The van der Waals surface area contributed by atoms with Gasteiger partial charge in [-0.1, -0.05) is 38.1 Å². The van der Waals surface area contributed by atoms with Crippen LogP contribution < -0.4 is 16.1 Å². The number of esters is 1. The van der Waals surface area contributed by atoms with Gasteiger partial charge in [-0.3, -0.25) is 24.2 Å². The van der Waals surface area contributed by atoms with Crippen molar-refractivity contribution in [2.24, 2.45) is 11.3 Å². The van der Waals surface area contributed by atoms with E-state index in [0.29, 0.717) is 41.5 Å². The van der Waals surface area contributed by atoms with Crippen LogP contribution >= 0.6 is 0 Å². The summed E-state index contributed by atoms with van der Waals surface area (Å²) in [6, 6.07) is 6.67. The average molecular weight is 575 g/mol. The first-order valence-electron chi connectivity index (χ1n) is 14.2. The van der Waals surface area contributed by atoms with Crippen LogP contribution in [-0.2, 0) is 23.9 Å². The molecular weight excluding hydrogens is 536 g/mol. The smallest absolute Gasteiger partial charge is 0.325 e. The molecule has 3 N–H and O–H groups in total. The molecule has 0 spiro atoms. The number of hydrazine groups is 1. The lowest BCUT2D eigenvalue weighted by molar-refractivity contribution is -0.157. The lowest BCUT2D eigenvalue weighted by Crippen LogP contribution is -2.61. The van der Waals surface area contributed by atoms with Gasteiger partial charge in [0, 0.05) is 11.9 Å². The number of fused-ring (bicyclic) bond motifs is 4. The van der Waals surface area contributed by atoms with Crippen molar-refractivity contribution >= 4 is 40.7 Å². The molecule has 42 heavy (non-hydrogen) atoms. The Bertz CT molecular complexity index is 1480. The predicted octanol–water partition coefficient (Wildman–Crippen LogP) is 2.90. The summed E-state index contributed by atoms with van der Waals surface area (Å²) in [6.45, 7) is 10.7. The van der Waals surface area contributed by atoms with E-state index in [1.165, 1.54) is 5.01 Å². The molecule has 3 heterocycles. The second-order valence-electron chi connectivity index (χ2n) is 11.9. The van der Waals surface area contributed by atoms with Crippen LogP contribution in [0.25, 0.3) is 17.0 Å². The average Bonchev–Trinajstić information content (AvgIpc) is 2.96. The maximum absolute atomic E-state index is 13.3. The topological polar surface area (TPSA) is 154 Å². The van der Waals surface area contributed by atoms with E-state index in [1.54, 1.807) is 58.0 Å². The number of rotatable bonds is 1. The van der Waals surface area contributed by atoms with Crippen LogP contribution in [0.1, 0.15) is 77.3 Å². The minimum Gasteiger partial charge on any atom is -0.455 e. The van der Waals surface area contributed by atoms with E-state index in [1.807, 2.05) is 19.9 Å². The van der Waals surface area contributed by atoms with Crippen molar-refractivity contribution in [1.82, 2.24) is 26.1 Å². The highest BCUT2D eigenvalue weighted by Gasteiger charge is 2.35. The Kier molecular flexibility index (Phi) is 8.97. The number of aromatic nitrogens is 1. The standard InChI is InChI=1S/C31H38N6O5/c1-17(2)26-27(38)33-18(3)28(39)37-13-7-8-23(36-37)29(40)42-19(4)24-15-21(16-32)22-10-9-20(14-25(22)34-24)11-12-31(5,6)30(41)35-26/h9-12,14-15,17-19,23,26,36H,7-8,13H2,1-6H3,(H,33,38)(H,35,41). The molecule has 0 aliphatic carbocycles. The highest BCUT2D eigenvalue weighted by atomic mass is 16.5. The molecule has 1 aromatic heterocycles. The summed E-state index contributed by atoms with van der Waals surface area (Å²) in [7, 11) is 0. The summed E-state index contributed by atoms with van der Waals surface area (Å²) < 4.78 is 5.74. The summed E-state index contributed by atoms with van der Waals surface area (Å²) >= 11 is 0. The number of pyridine rings is 1. The third kappa shape index (κ3) is 6.60. The highest BCUT2D eigenvalue weighted by Crippen LogP contribution is 2.27. The van der Waals surface area contributed by atoms with E-state index in [2.05, 4.69) is 22.1 Å². The second kappa shape index (κ2) is 12.3. The number of amides is 3. The third-order valence-corrected chi connectivity index (χ3v) is 7.66. The van der Waals surface area contributed by atoms with Gasteiger partial charge < -0.3 is 15.4 Å². The predicted molar refractivity (Wildman–Crippen MR) is 156 cm³/mol. The van der Waals surface area contributed by atoms with Crippen molar-refractivity contribution in [1.29, 1.82) is 5.26 Å². The zero-order chi connectivity index (χ0) is 30.8. The largest absolute Gasteiger partial charge is 0.455 e. The molecule has 11 heteroatoms. The van der Waals surface area contributed by atoms with Crippen LogP contribution in [0, 0.1) is 22.7 Å². The number of carbonyl (C=O) groups excluding carboxylic acids is 4. The number of cyclic esters (lactones) is 1. The maximum Gasteiger partial charge on any atom is 0.325 e. The van der Waals surface area contributed by atoms with E-state index in [0.717, 1.165) is 5.56 Å². The summed E-state index contributed by atoms with van der Waals surface area (Å²) in [4.78, 5) is 57.6. The van der Waals surface area contributed by atoms with Crippen molar-refractivity contribution in [2.45, 2.75) is 78.6 Å². The number of carbonyl (C=O) groups is 4. The summed E-state index contributed by atoms with van der Waals surface area (Å²) in [6.07, 6.45) is 3.78. The van der Waals surface area contributed by atoms with E-state index in [9.17, 15) is 24.4 Å². The molecule has 4 atom stereocenters. The molecule has 2 aliphatic heterocycles. The minimum atomic E-state index is -0.981. The normalized spacial score (nSPS) is 25.5. The molecule has 1 saturated heterocycles. The first kappa shape index (κ1) is 30.7. The molecule has 4 rings (SSSR count). The molecule has 2 aromatic rings. The number of nitrogens with zero attached hydrogens (tertiary/aromatic N) is 3. The zero-order valence-corrected chi connectivity index (χ0v) is 24.9. The van der Waals surface area contributed by atoms with E-state index >= 15 is 0 Å². The van der Waals surface area contributed by atoms with Gasteiger partial charge in [0.1, 0.15) is 24.2 Å². The van der Waals surface area contributed by atoms with Crippen LogP contribution in [0.2, 0.25) is 0 Å². The van der Waals surface area contributed by atoms with Crippen molar-refractivity contribution in [2.75, 3.05) is 6.54 Å². The van der Waals surface area contributed by atoms with E-state index < -0.39 is 47.4 Å². The molecule has 4 unspecified atom stereocenters. The fourth-order valence-corrected chi connectivity index (χ4v) is 4.94. The van der Waals surface area contributed by atoms with Crippen LogP contribution in [-0.4, -0.2) is 58.4 Å². The van der Waals surface area contributed by atoms with Gasteiger partial charge in [0.05, 0.1) is 28.3 Å². The van der Waals surface area contributed by atoms with Crippen LogP contribution in [0.3, 0.4) is 0 Å². The molecule has 5 bridgehead atoms. The van der Waals surface area contributed by atoms with Crippen LogP contribution in [0.4, 0.5) is 0 Å². The SMILES string of the molecule is CC1NC(=O)C(C(C)C)NC(=O)C(C)(C)C=Cc2ccc3c(C#N)cc(nc3c2)C(C)OC(=O)C2CCCN(N2)C1=O. The van der Waals surface area contributed by atoms with Gasteiger partial charge in [0.2, 0.25) is 11.8 Å². The van der Waals surface area contributed by atoms with Crippen molar-refractivity contribution in [3.63, 3.8) is 0 Å². The highest BCUT2D eigenvalue weighted by molar-refractivity contribution is 5.94. The monoisotopic (exact) mass is 574 g/mol. The van der Waals surface area contributed by atoms with Gasteiger partial charge in [-0.15, -0.1) is 0 Å². The number of benzene rings is 1. The van der Waals surface area contributed by atoms with Gasteiger partial charge in [-0.25, -0.2) is 10.4 Å². The minimum absolute atomic E-state index is 0.248. The maximum atomic E-state index is 13.3. The summed E-state index contributed by atoms with van der Waals surface area (Å²) in [5.74, 6) is -2.04. The summed E-state index contributed by atoms with van der Waals surface area (Å²) in [5, 5.41) is 17.4. The number of hydrogen-bond acceptors (Lipinski definition) is 8. The Labute approximate surface area is 245 Å². The second-order valence-corrected chi connectivity index (χ2v) is 11.9. The third-order valence-electron chi connectivity index (χ3n) is 7.66. The Morgan fingerprint density at radius 2 is 1.86 bits per heavy atom. The van der Waals surface area contributed by atoms with Gasteiger partial charge in [0.15, 0.2) is 0 Å². The van der Waals surface area contributed by atoms with Crippen LogP contribution in [0.5, 0.6) is 0 Å². The molecule has 11 nitrogen and oxygen atoms in total. The van der Waals surface area contributed by atoms with Crippen molar-refractivity contribution in [3.05, 3.63) is 47.2 Å². The number of nitriles is 1. The van der Waals surface area contributed by atoms with E-state index in [4.69, 9.17) is 9.72 Å². The molecule has 222 valence electrons. The zero-order valence-electron chi connectivity index (χ0n) is 24.9. The first-order valence-corrected chi connectivity index (χ1v) is 14.2. The Balaban J connectivity index is 1.76. The lowest BCUT2D eigenvalue weighted by atomic mass is 9.89. The number of hydrogen-bond donors (Lipinski definition) is 3. The quantitative estimate of drug-likeness (QED) is 0.440. The molecule has 3 amide bonds. The molecule has 0 saturated carbocycles. The molecule has 1 aromatic carbocycles. The fraction of sp³-hybridized carbons (Fsp3) is 0.484. The van der Waals surface area contributed by atoms with E-state index in [-0.39, 0.29) is 11.8 Å². The first-order chi connectivity index (χ1) is 19.8. The lowest BCUT2D eigenvalue weighted by Gasteiger charge is -2.35. The Morgan fingerprint density at radius 3 is 2.55 bits per heavy atom. The molecular formula is C31H38N6O5. The van der Waals surface area contributed by atoms with Gasteiger partial charge in [0.25, 0.3) is 5.91 Å². The van der Waals surface area contributed by atoms with Crippen molar-refractivity contribution in [3.8, 4) is 6.07 Å². The van der Waals surface area contributed by atoms with Gasteiger partial charge in [-0.2, -0.15) is 5.26 Å². The molecule has 2 aliphatic rings. The molecule has 0 radical (unpaired) electrons. The Hall–Kier alpha value is -4.30. The number of ether oxygens (including phenoxy) is 1. The molecule has 1 fully saturated rings. The number of nitrogens with one attached hydrogen (secondary N) is 3. The fourth-order valence-electron chi connectivity index (χ4n) is 4.94.